The molecule has 0 saturated heterocycles. The van der Waals surface area contributed by atoms with E-state index in [2.05, 4.69) is 0 Å². The van der Waals surface area contributed by atoms with Gasteiger partial charge in [-0.25, -0.2) is 9.59 Å². The number of phenolic OH excluding ortho intramolecular Hbond substituents is 1. The number of aromatic hydroxyl groups is 1. The molecule has 0 aliphatic heterocycles. The second kappa shape index (κ2) is 8.12. The number of benzene rings is 1. The molecule has 0 radical (unpaired) electrons. The average Bonchev–Trinajstić information content (AvgIpc) is 2.63. The molecule has 0 amide bonds. The van der Waals surface area contributed by atoms with Crippen LogP contribution in [-0.4, -0.2) is 32.6 Å². The van der Waals surface area contributed by atoms with E-state index in [1.165, 1.54) is 25.2 Å². The van der Waals surface area contributed by atoms with Gasteiger partial charge in [0.05, 0.1) is 5.56 Å². The lowest BCUT2D eigenvalue weighted by molar-refractivity contribution is 0.0474. The first kappa shape index (κ1) is 20.9. The topological polar surface area (TPSA) is 134 Å². The summed E-state index contributed by atoms with van der Waals surface area (Å²) in [5.74, 6) is -1.95. The number of Topliss-reactive ketones (excluding diaryl/α,β-unsaturated/α-hetero) is 1. The molecule has 1 heterocycles. The monoisotopic (exact) mass is 389 g/mol. The number of carbonyl (C=O) groups is 2. The first-order chi connectivity index (χ1) is 13.0. The number of ketones is 1. The van der Waals surface area contributed by atoms with E-state index in [0.29, 0.717) is 5.56 Å². The molecule has 2 aromatic rings. The van der Waals surface area contributed by atoms with Crippen LogP contribution < -0.4 is 17.0 Å². The van der Waals surface area contributed by atoms with E-state index in [9.17, 15) is 24.3 Å². The van der Waals surface area contributed by atoms with Crippen LogP contribution in [0.15, 0.2) is 27.8 Å². The maximum Gasteiger partial charge on any atom is 0.338 e. The number of nitrogens with zero attached hydrogens (tertiary/aromatic N) is 2. The summed E-state index contributed by atoms with van der Waals surface area (Å²) in [6.07, 6.45) is 0. The number of hydrogen-bond donors (Lipinski definition) is 2. The van der Waals surface area contributed by atoms with Crippen LogP contribution in [0.1, 0.15) is 40.1 Å². The Balaban J connectivity index is 2.30. The maximum atomic E-state index is 12.5. The lowest BCUT2D eigenvalue weighted by atomic mass is 10.1. The number of anilines is 1. The van der Waals surface area contributed by atoms with Crippen LogP contribution in [0.2, 0.25) is 0 Å². The minimum absolute atomic E-state index is 0.0486. The van der Waals surface area contributed by atoms with Crippen molar-refractivity contribution in [3.63, 3.8) is 0 Å². The average molecular weight is 389 g/mol. The van der Waals surface area contributed by atoms with Gasteiger partial charge in [-0.1, -0.05) is 19.9 Å². The number of nitrogens with two attached hydrogens (primary N) is 1. The van der Waals surface area contributed by atoms with Gasteiger partial charge in [-0.15, -0.1) is 0 Å². The van der Waals surface area contributed by atoms with Crippen molar-refractivity contribution in [2.24, 2.45) is 13.0 Å². The van der Waals surface area contributed by atoms with Gasteiger partial charge in [-0.3, -0.25) is 18.7 Å². The summed E-state index contributed by atoms with van der Waals surface area (Å²) in [6, 6.07) is 4.19. The van der Waals surface area contributed by atoms with Gasteiger partial charge in [0.25, 0.3) is 5.56 Å². The molecule has 0 saturated carbocycles. The van der Waals surface area contributed by atoms with Gasteiger partial charge in [0.1, 0.15) is 17.1 Å². The molecule has 0 aliphatic rings. The summed E-state index contributed by atoms with van der Waals surface area (Å²) in [5.41, 5.74) is 4.67. The Kier molecular flexibility index (Phi) is 6.07. The van der Waals surface area contributed by atoms with Crippen LogP contribution in [-0.2, 0) is 18.3 Å². The molecular formula is C19H23N3O6. The van der Waals surface area contributed by atoms with E-state index < -0.39 is 35.2 Å². The number of ether oxygens (including phenoxy) is 1. The van der Waals surface area contributed by atoms with E-state index in [4.69, 9.17) is 10.5 Å². The van der Waals surface area contributed by atoms with Crippen molar-refractivity contribution < 1.29 is 19.4 Å². The number of esters is 1. The highest BCUT2D eigenvalue weighted by Crippen LogP contribution is 2.18. The largest absolute Gasteiger partial charge is 0.508 e. The van der Waals surface area contributed by atoms with Crippen LogP contribution in [0.5, 0.6) is 5.75 Å². The number of aromatic nitrogens is 2. The fourth-order valence-corrected chi connectivity index (χ4v) is 2.61. The SMILES string of the molecule is Cc1ccc(C(=O)OCC(=O)c2c(N)n(CC(C)C)c(=O)n(C)c2=O)cc1O. The second-order valence-electron chi connectivity index (χ2n) is 6.91. The highest BCUT2D eigenvalue weighted by molar-refractivity contribution is 6.02. The first-order valence-electron chi connectivity index (χ1n) is 8.63. The van der Waals surface area contributed by atoms with Gasteiger partial charge in [0.15, 0.2) is 6.61 Å². The van der Waals surface area contributed by atoms with Crippen molar-refractivity contribution in [3.8, 4) is 5.75 Å². The summed E-state index contributed by atoms with van der Waals surface area (Å²) in [5, 5.41) is 9.67. The molecule has 150 valence electrons. The Labute approximate surface area is 161 Å². The molecule has 0 bridgehead atoms. The Bertz CT molecular complexity index is 1050. The first-order valence-corrected chi connectivity index (χ1v) is 8.63. The predicted molar refractivity (Wildman–Crippen MR) is 103 cm³/mol. The summed E-state index contributed by atoms with van der Waals surface area (Å²) in [6.45, 7) is 4.88. The molecule has 9 heteroatoms. The van der Waals surface area contributed by atoms with E-state index in [0.717, 1.165) is 9.13 Å². The molecule has 0 fully saturated rings. The number of carbonyl (C=O) groups excluding carboxylic acids is 2. The molecule has 0 aliphatic carbocycles. The van der Waals surface area contributed by atoms with Crippen LogP contribution in [0, 0.1) is 12.8 Å². The van der Waals surface area contributed by atoms with Gasteiger partial charge < -0.3 is 15.6 Å². The van der Waals surface area contributed by atoms with Crippen LogP contribution in [0.25, 0.3) is 0 Å². The molecule has 1 aromatic carbocycles. The molecule has 2 rings (SSSR count). The summed E-state index contributed by atoms with van der Waals surface area (Å²) in [4.78, 5) is 49.2. The van der Waals surface area contributed by atoms with E-state index in [1.54, 1.807) is 6.92 Å². The zero-order valence-corrected chi connectivity index (χ0v) is 16.2. The maximum absolute atomic E-state index is 12.5. The Morgan fingerprint density at radius 3 is 2.46 bits per heavy atom. The highest BCUT2D eigenvalue weighted by atomic mass is 16.5. The Hall–Kier alpha value is -3.36. The zero-order valence-electron chi connectivity index (χ0n) is 16.2. The predicted octanol–water partition coefficient (Wildman–Crippen LogP) is 0.839. The number of rotatable bonds is 6. The molecule has 0 atom stereocenters. The molecule has 28 heavy (non-hydrogen) atoms. The van der Waals surface area contributed by atoms with Crippen molar-refractivity contribution >= 4 is 17.6 Å². The summed E-state index contributed by atoms with van der Waals surface area (Å²) < 4.78 is 6.90. The standard InChI is InChI=1S/C19H23N3O6/c1-10(2)8-22-16(20)15(17(25)21(4)19(22)27)14(24)9-28-18(26)12-6-5-11(3)13(23)7-12/h5-7,10,23H,8-9,20H2,1-4H3. The van der Waals surface area contributed by atoms with Crippen LogP contribution in [0.4, 0.5) is 5.82 Å². The van der Waals surface area contributed by atoms with Crippen LogP contribution >= 0.6 is 0 Å². The third kappa shape index (κ3) is 4.13. The quantitative estimate of drug-likeness (QED) is 0.552. The molecule has 0 unspecified atom stereocenters. The lowest BCUT2D eigenvalue weighted by Gasteiger charge is -2.16. The van der Waals surface area contributed by atoms with Gasteiger partial charge >= 0.3 is 11.7 Å². The van der Waals surface area contributed by atoms with Crippen molar-refractivity contribution in [3.05, 3.63) is 55.7 Å². The fourth-order valence-electron chi connectivity index (χ4n) is 2.61. The van der Waals surface area contributed by atoms with Gasteiger partial charge in [-0.2, -0.15) is 0 Å². The van der Waals surface area contributed by atoms with Gasteiger partial charge in [0, 0.05) is 13.6 Å². The third-order valence-corrected chi connectivity index (χ3v) is 4.19. The molecule has 9 nitrogen and oxygen atoms in total. The van der Waals surface area contributed by atoms with Gasteiger partial charge in [-0.05, 0) is 30.5 Å². The lowest BCUT2D eigenvalue weighted by Crippen LogP contribution is -2.43. The second-order valence-corrected chi connectivity index (χ2v) is 6.91. The molecular weight excluding hydrogens is 366 g/mol. The summed E-state index contributed by atoms with van der Waals surface area (Å²) >= 11 is 0. The van der Waals surface area contributed by atoms with Crippen molar-refractivity contribution in [2.45, 2.75) is 27.3 Å². The molecule has 3 N–H and O–H groups in total. The minimum Gasteiger partial charge on any atom is -0.508 e. The van der Waals surface area contributed by atoms with E-state index in [1.807, 2.05) is 13.8 Å². The number of nitrogen functional groups attached to an aromatic ring is 1. The Morgan fingerprint density at radius 2 is 1.89 bits per heavy atom. The summed E-state index contributed by atoms with van der Waals surface area (Å²) in [7, 11) is 1.25. The number of hydrogen-bond acceptors (Lipinski definition) is 7. The highest BCUT2D eigenvalue weighted by Gasteiger charge is 2.23. The zero-order chi connectivity index (χ0) is 21.2. The minimum atomic E-state index is -0.850. The Morgan fingerprint density at radius 1 is 1.25 bits per heavy atom. The third-order valence-electron chi connectivity index (χ3n) is 4.19. The fraction of sp³-hybridized carbons (Fsp3) is 0.368. The van der Waals surface area contributed by atoms with E-state index >= 15 is 0 Å². The van der Waals surface area contributed by atoms with Crippen molar-refractivity contribution in [1.82, 2.24) is 9.13 Å². The van der Waals surface area contributed by atoms with Gasteiger partial charge in [0.2, 0.25) is 5.78 Å². The molecule has 0 spiro atoms. The van der Waals surface area contributed by atoms with E-state index in [-0.39, 0.29) is 29.6 Å². The van der Waals surface area contributed by atoms with Crippen LogP contribution in [0.3, 0.4) is 0 Å². The molecule has 1 aromatic heterocycles. The smallest absolute Gasteiger partial charge is 0.338 e. The van der Waals surface area contributed by atoms with Crippen molar-refractivity contribution in [2.75, 3.05) is 12.3 Å². The number of aryl methyl sites for hydroxylation is 1. The number of phenols is 1. The normalized spacial score (nSPS) is 10.9. The van der Waals surface area contributed by atoms with Crippen molar-refractivity contribution in [1.29, 1.82) is 0 Å².